The summed E-state index contributed by atoms with van der Waals surface area (Å²) in [6.45, 7) is -0.779. The number of alkyl halides is 2. The number of methoxy groups -OCH3 is 2. The molecule has 0 heterocycles. The molecular weight excluding hydrogens is 356 g/mol. The highest BCUT2D eigenvalue weighted by Gasteiger charge is 2.11. The Kier molecular flexibility index (Phi) is 7.16. The number of nitrogens with one attached hydrogen (secondary N) is 1. The minimum atomic E-state index is -2.94. The summed E-state index contributed by atoms with van der Waals surface area (Å²) in [5.41, 5.74) is 2.53. The smallest absolute Gasteiger partial charge is 0.387 e. The molecule has 0 saturated carbocycles. The SMILES string of the molecule is COc1ccc(C)cc1/C=C/C(=O)NCc1ccc(OC(F)F)c(OC)c1. The van der Waals surface area contributed by atoms with Crippen molar-refractivity contribution in [2.24, 2.45) is 0 Å². The second-order valence-electron chi connectivity index (χ2n) is 5.66. The fraction of sp³-hybridized carbons (Fsp3) is 0.250. The average molecular weight is 377 g/mol. The van der Waals surface area contributed by atoms with Crippen LogP contribution in [0.4, 0.5) is 8.78 Å². The Bertz CT molecular complexity index is 822. The van der Waals surface area contributed by atoms with Crippen LogP contribution >= 0.6 is 0 Å². The number of carbonyl (C=O) groups is 1. The molecule has 0 aliphatic heterocycles. The standard InChI is InChI=1S/C20H21F2NO4/c1-13-4-7-16(25-2)15(10-13)6-9-19(24)23-12-14-5-8-17(27-20(21)22)18(11-14)26-3/h4-11,20H,12H2,1-3H3,(H,23,24)/b9-6+. The van der Waals surface area contributed by atoms with Crippen LogP contribution in [-0.2, 0) is 11.3 Å². The van der Waals surface area contributed by atoms with Gasteiger partial charge in [0, 0.05) is 18.2 Å². The molecule has 0 unspecified atom stereocenters. The maximum absolute atomic E-state index is 12.3. The summed E-state index contributed by atoms with van der Waals surface area (Å²) in [7, 11) is 2.92. The molecule has 5 nitrogen and oxygen atoms in total. The van der Waals surface area contributed by atoms with Gasteiger partial charge >= 0.3 is 6.61 Å². The van der Waals surface area contributed by atoms with E-state index in [1.807, 2.05) is 25.1 Å². The van der Waals surface area contributed by atoms with E-state index in [0.717, 1.165) is 11.1 Å². The van der Waals surface area contributed by atoms with Crippen molar-refractivity contribution in [2.45, 2.75) is 20.1 Å². The van der Waals surface area contributed by atoms with Crippen LogP contribution < -0.4 is 19.5 Å². The molecule has 0 radical (unpaired) electrons. The van der Waals surface area contributed by atoms with E-state index in [4.69, 9.17) is 9.47 Å². The normalized spacial score (nSPS) is 10.9. The number of amides is 1. The van der Waals surface area contributed by atoms with Crippen molar-refractivity contribution in [1.82, 2.24) is 5.32 Å². The minimum Gasteiger partial charge on any atom is -0.496 e. The van der Waals surface area contributed by atoms with Gasteiger partial charge in [-0.25, -0.2) is 0 Å². The van der Waals surface area contributed by atoms with Gasteiger partial charge in [-0.05, 0) is 42.8 Å². The van der Waals surface area contributed by atoms with Crippen molar-refractivity contribution in [1.29, 1.82) is 0 Å². The first kappa shape index (κ1) is 20.2. The van der Waals surface area contributed by atoms with Gasteiger partial charge in [0.1, 0.15) is 5.75 Å². The Hall–Kier alpha value is -3.09. The van der Waals surface area contributed by atoms with E-state index >= 15 is 0 Å². The molecule has 7 heteroatoms. The van der Waals surface area contributed by atoms with Crippen LogP contribution in [0, 0.1) is 6.92 Å². The number of halogens is 2. The lowest BCUT2D eigenvalue weighted by atomic mass is 10.1. The number of hydrogen-bond acceptors (Lipinski definition) is 4. The topological polar surface area (TPSA) is 56.8 Å². The van der Waals surface area contributed by atoms with Crippen LogP contribution in [0.3, 0.4) is 0 Å². The summed E-state index contributed by atoms with van der Waals surface area (Å²) in [5.74, 6) is 0.477. The van der Waals surface area contributed by atoms with Crippen LogP contribution in [0.5, 0.6) is 17.2 Å². The predicted molar refractivity (Wildman–Crippen MR) is 98.2 cm³/mol. The van der Waals surface area contributed by atoms with E-state index in [1.165, 1.54) is 25.3 Å². The molecule has 0 aliphatic rings. The summed E-state index contributed by atoms with van der Waals surface area (Å²) in [4.78, 5) is 12.0. The lowest BCUT2D eigenvalue weighted by Crippen LogP contribution is -2.20. The van der Waals surface area contributed by atoms with Gasteiger partial charge in [0.15, 0.2) is 11.5 Å². The van der Waals surface area contributed by atoms with Crippen LogP contribution in [0.25, 0.3) is 6.08 Å². The summed E-state index contributed by atoms with van der Waals surface area (Å²) in [5, 5.41) is 2.72. The van der Waals surface area contributed by atoms with E-state index in [9.17, 15) is 13.6 Å². The van der Waals surface area contributed by atoms with Gasteiger partial charge in [0.2, 0.25) is 5.91 Å². The Morgan fingerprint density at radius 1 is 1.07 bits per heavy atom. The van der Waals surface area contributed by atoms with Gasteiger partial charge in [-0.1, -0.05) is 17.7 Å². The highest BCUT2D eigenvalue weighted by Crippen LogP contribution is 2.29. The van der Waals surface area contributed by atoms with Gasteiger partial charge in [0.05, 0.1) is 14.2 Å². The summed E-state index contributed by atoms with van der Waals surface area (Å²) in [6, 6.07) is 10.2. The van der Waals surface area contributed by atoms with Gasteiger partial charge in [-0.15, -0.1) is 0 Å². The Balaban J connectivity index is 2.00. The number of aryl methyl sites for hydroxylation is 1. The number of ether oxygens (including phenoxy) is 3. The molecule has 1 N–H and O–H groups in total. The molecule has 2 aromatic rings. The van der Waals surface area contributed by atoms with Crippen molar-refractivity contribution in [3.8, 4) is 17.2 Å². The molecule has 0 aromatic heterocycles. The second-order valence-corrected chi connectivity index (χ2v) is 5.66. The van der Waals surface area contributed by atoms with Crippen LogP contribution in [0.2, 0.25) is 0 Å². The molecular formula is C20H21F2NO4. The number of benzene rings is 2. The predicted octanol–water partition coefficient (Wildman–Crippen LogP) is 3.94. The summed E-state index contributed by atoms with van der Waals surface area (Å²) >= 11 is 0. The van der Waals surface area contributed by atoms with Crippen LogP contribution in [0.1, 0.15) is 16.7 Å². The lowest BCUT2D eigenvalue weighted by molar-refractivity contribution is -0.116. The largest absolute Gasteiger partial charge is 0.496 e. The molecule has 144 valence electrons. The molecule has 2 aromatic carbocycles. The molecule has 0 bridgehead atoms. The fourth-order valence-electron chi connectivity index (χ4n) is 2.41. The number of rotatable bonds is 8. The van der Waals surface area contributed by atoms with Gasteiger partial charge < -0.3 is 19.5 Å². The highest BCUT2D eigenvalue weighted by atomic mass is 19.3. The first-order chi connectivity index (χ1) is 12.9. The quantitative estimate of drug-likeness (QED) is 0.708. The third-order valence-corrected chi connectivity index (χ3v) is 3.71. The number of carbonyl (C=O) groups excluding carboxylic acids is 1. The van der Waals surface area contributed by atoms with E-state index in [-0.39, 0.29) is 24.0 Å². The van der Waals surface area contributed by atoms with Crippen molar-refractivity contribution >= 4 is 12.0 Å². The third kappa shape index (κ3) is 5.99. The Morgan fingerprint density at radius 2 is 1.78 bits per heavy atom. The molecule has 0 spiro atoms. The Labute approximate surface area is 156 Å². The van der Waals surface area contributed by atoms with Gasteiger partial charge in [-0.3, -0.25) is 4.79 Å². The van der Waals surface area contributed by atoms with Crippen molar-refractivity contribution in [3.63, 3.8) is 0 Å². The molecule has 0 aliphatic carbocycles. The summed E-state index contributed by atoms with van der Waals surface area (Å²) < 4.78 is 39.4. The average Bonchev–Trinajstić information content (AvgIpc) is 2.65. The third-order valence-electron chi connectivity index (χ3n) is 3.71. The van der Waals surface area contributed by atoms with Crippen molar-refractivity contribution < 1.29 is 27.8 Å². The van der Waals surface area contributed by atoms with Crippen molar-refractivity contribution in [3.05, 3.63) is 59.2 Å². The zero-order chi connectivity index (χ0) is 19.8. The van der Waals surface area contributed by atoms with E-state index in [2.05, 4.69) is 10.1 Å². The zero-order valence-electron chi connectivity index (χ0n) is 15.3. The maximum Gasteiger partial charge on any atom is 0.387 e. The highest BCUT2D eigenvalue weighted by molar-refractivity contribution is 5.92. The van der Waals surface area contributed by atoms with E-state index < -0.39 is 6.61 Å². The first-order valence-electron chi connectivity index (χ1n) is 8.15. The van der Waals surface area contributed by atoms with Crippen molar-refractivity contribution in [2.75, 3.05) is 14.2 Å². The summed E-state index contributed by atoms with van der Waals surface area (Å²) in [6.07, 6.45) is 3.07. The molecule has 0 saturated heterocycles. The molecule has 0 fully saturated rings. The fourth-order valence-corrected chi connectivity index (χ4v) is 2.41. The van der Waals surface area contributed by atoms with Gasteiger partial charge in [0.25, 0.3) is 0 Å². The molecule has 1 amide bonds. The monoisotopic (exact) mass is 377 g/mol. The zero-order valence-corrected chi connectivity index (χ0v) is 15.3. The molecule has 27 heavy (non-hydrogen) atoms. The van der Waals surface area contributed by atoms with E-state index in [1.54, 1.807) is 19.3 Å². The molecule has 0 atom stereocenters. The van der Waals surface area contributed by atoms with Crippen LogP contribution in [-0.4, -0.2) is 26.7 Å². The van der Waals surface area contributed by atoms with E-state index in [0.29, 0.717) is 11.3 Å². The first-order valence-corrected chi connectivity index (χ1v) is 8.15. The van der Waals surface area contributed by atoms with Gasteiger partial charge in [-0.2, -0.15) is 8.78 Å². The number of hydrogen-bond donors (Lipinski definition) is 1. The second kappa shape index (κ2) is 9.56. The maximum atomic E-state index is 12.3. The lowest BCUT2D eigenvalue weighted by Gasteiger charge is -2.11. The van der Waals surface area contributed by atoms with Crippen LogP contribution in [0.15, 0.2) is 42.5 Å². The minimum absolute atomic E-state index is 0.0611. The Morgan fingerprint density at radius 3 is 2.44 bits per heavy atom. The molecule has 2 rings (SSSR count).